The molecule has 2 aromatic carbocycles. The molecule has 0 unspecified atom stereocenters. The Labute approximate surface area is 229 Å². The van der Waals surface area contributed by atoms with Crippen LogP contribution in [-0.2, 0) is 9.53 Å². The first-order chi connectivity index (χ1) is 18.0. The number of amides is 2. The number of rotatable bonds is 5. The Bertz CT molecular complexity index is 1020. The van der Waals surface area contributed by atoms with Crippen molar-refractivity contribution in [2.75, 3.05) is 34.7 Å². The molecule has 0 spiro atoms. The van der Waals surface area contributed by atoms with Crippen LogP contribution < -0.4 is 5.32 Å². The van der Waals surface area contributed by atoms with Crippen molar-refractivity contribution in [3.8, 4) is 0 Å². The number of carbonyl (C=O) groups is 2. The zero-order valence-electron chi connectivity index (χ0n) is 24.2. The maximum Gasteiger partial charge on any atom is 0.411 e. The molecule has 0 aromatic heterocycles. The summed E-state index contributed by atoms with van der Waals surface area (Å²) in [7, 11) is 7.70. The van der Waals surface area contributed by atoms with Crippen LogP contribution in [0.25, 0.3) is 0 Å². The van der Waals surface area contributed by atoms with Gasteiger partial charge >= 0.3 is 6.09 Å². The fraction of sp³-hybridized carbons (Fsp3) is 0.548. The molecule has 2 aliphatic heterocycles. The van der Waals surface area contributed by atoms with Gasteiger partial charge in [-0.25, -0.2) is 4.79 Å². The van der Waals surface area contributed by atoms with Gasteiger partial charge in [0.15, 0.2) is 0 Å². The van der Waals surface area contributed by atoms with Gasteiger partial charge in [0.05, 0.1) is 6.04 Å². The summed E-state index contributed by atoms with van der Waals surface area (Å²) in [6.07, 6.45) is 3.54. The average Bonchev–Trinajstić information content (AvgIpc) is 3.51. The van der Waals surface area contributed by atoms with Gasteiger partial charge in [-0.2, -0.15) is 0 Å². The van der Waals surface area contributed by atoms with Gasteiger partial charge in [-0.3, -0.25) is 9.69 Å². The first-order valence-electron chi connectivity index (χ1n) is 13.7. The smallest absolute Gasteiger partial charge is 0.411 e. The van der Waals surface area contributed by atoms with E-state index in [0.717, 1.165) is 18.5 Å². The zero-order valence-corrected chi connectivity index (χ0v) is 24.2. The molecular weight excluding hydrogens is 476 g/mol. The summed E-state index contributed by atoms with van der Waals surface area (Å²) in [5.74, 6) is -0.0608. The number of nitrogens with zero attached hydrogens (tertiary/aromatic N) is 3. The summed E-state index contributed by atoms with van der Waals surface area (Å²) >= 11 is 0. The molecule has 208 valence electrons. The van der Waals surface area contributed by atoms with Gasteiger partial charge in [0.25, 0.3) is 0 Å². The highest BCUT2D eigenvalue weighted by Crippen LogP contribution is 2.37. The molecule has 4 rings (SSSR count). The molecule has 2 amide bonds. The van der Waals surface area contributed by atoms with Crippen LogP contribution in [0.1, 0.15) is 69.7 Å². The number of carbonyl (C=O) groups excluding carboxylic acids is 2. The fourth-order valence-corrected chi connectivity index (χ4v) is 5.28. The normalized spacial score (nSPS) is 23.1. The van der Waals surface area contributed by atoms with E-state index in [2.05, 4.69) is 54.6 Å². The zero-order chi connectivity index (χ0) is 27.9. The van der Waals surface area contributed by atoms with E-state index in [1.807, 2.05) is 51.1 Å². The number of benzene rings is 2. The van der Waals surface area contributed by atoms with Crippen LogP contribution in [0.5, 0.6) is 0 Å². The van der Waals surface area contributed by atoms with E-state index in [1.54, 1.807) is 19.0 Å². The fourth-order valence-electron chi connectivity index (χ4n) is 5.28. The number of ether oxygens (including phenoxy) is 1. The van der Waals surface area contributed by atoms with Crippen molar-refractivity contribution in [3.63, 3.8) is 0 Å². The van der Waals surface area contributed by atoms with Crippen molar-refractivity contribution < 1.29 is 14.3 Å². The van der Waals surface area contributed by atoms with Gasteiger partial charge in [0, 0.05) is 32.7 Å². The minimum absolute atomic E-state index is 0.0608. The number of hydrogen-bond donors (Lipinski definition) is 1. The Balaban J connectivity index is 0.000000230. The molecule has 7 heteroatoms. The maximum atomic E-state index is 12.7. The molecule has 0 bridgehead atoms. The Hall–Kier alpha value is -2.90. The standard InChI is InChI=1S/C18H26N2O3.C13H20N2/c1-18(2,3)23-17(22)20-14(13-9-7-6-8-10-13)11-12-15(20)16(21)19(4)5;1-15(2)10-12-8-9-13(14-12)11-6-4-3-5-7-11/h6-10,14-15H,11-12H2,1-5H3;3-7,12-14H,8-10H2,1-2H3/t14-,15+;12-,13+/m10/s1. The highest BCUT2D eigenvalue weighted by molar-refractivity contribution is 5.86. The van der Waals surface area contributed by atoms with Crippen molar-refractivity contribution in [2.24, 2.45) is 0 Å². The van der Waals surface area contributed by atoms with Crippen molar-refractivity contribution in [1.29, 1.82) is 0 Å². The Morgan fingerprint density at radius 2 is 1.45 bits per heavy atom. The van der Waals surface area contributed by atoms with Gasteiger partial charge in [0.1, 0.15) is 11.6 Å². The maximum absolute atomic E-state index is 12.7. The summed E-state index contributed by atoms with van der Waals surface area (Å²) < 4.78 is 5.55. The van der Waals surface area contributed by atoms with Gasteiger partial charge in [-0.1, -0.05) is 60.7 Å². The number of likely N-dealkylation sites (N-methyl/N-ethyl adjacent to an activating group) is 2. The minimum Gasteiger partial charge on any atom is -0.444 e. The lowest BCUT2D eigenvalue weighted by molar-refractivity contribution is -0.133. The third-order valence-corrected chi connectivity index (χ3v) is 6.93. The molecule has 0 radical (unpaired) electrons. The van der Waals surface area contributed by atoms with Gasteiger partial charge in [-0.05, 0) is 71.7 Å². The van der Waals surface area contributed by atoms with Crippen molar-refractivity contribution in [2.45, 2.75) is 76.2 Å². The van der Waals surface area contributed by atoms with Crippen LogP contribution in [0.4, 0.5) is 4.79 Å². The molecule has 4 atom stereocenters. The van der Waals surface area contributed by atoms with E-state index in [9.17, 15) is 9.59 Å². The molecule has 2 aliphatic rings. The molecule has 1 N–H and O–H groups in total. The van der Waals surface area contributed by atoms with Gasteiger partial charge < -0.3 is 19.9 Å². The molecule has 2 fully saturated rings. The van der Waals surface area contributed by atoms with E-state index in [0.29, 0.717) is 18.5 Å². The van der Waals surface area contributed by atoms with Crippen LogP contribution >= 0.6 is 0 Å². The van der Waals surface area contributed by atoms with Crippen LogP contribution in [0.2, 0.25) is 0 Å². The third kappa shape index (κ3) is 8.30. The van der Waals surface area contributed by atoms with Crippen LogP contribution in [-0.4, -0.2) is 79.1 Å². The first-order valence-corrected chi connectivity index (χ1v) is 13.7. The molecule has 0 saturated carbocycles. The molecule has 38 heavy (non-hydrogen) atoms. The third-order valence-electron chi connectivity index (χ3n) is 6.93. The largest absolute Gasteiger partial charge is 0.444 e. The number of nitrogens with one attached hydrogen (secondary N) is 1. The van der Waals surface area contributed by atoms with Gasteiger partial charge in [-0.15, -0.1) is 0 Å². The Kier molecular flexibility index (Phi) is 10.3. The van der Waals surface area contributed by atoms with Crippen LogP contribution in [0.15, 0.2) is 60.7 Å². The second-order valence-electron chi connectivity index (χ2n) is 11.8. The Morgan fingerprint density at radius 3 is 1.97 bits per heavy atom. The highest BCUT2D eigenvalue weighted by Gasteiger charge is 2.43. The average molecular weight is 523 g/mol. The van der Waals surface area contributed by atoms with Crippen molar-refractivity contribution in [3.05, 3.63) is 71.8 Å². The van der Waals surface area contributed by atoms with E-state index >= 15 is 0 Å². The second kappa shape index (κ2) is 13.3. The van der Waals surface area contributed by atoms with Crippen molar-refractivity contribution in [1.82, 2.24) is 20.0 Å². The summed E-state index contributed by atoms with van der Waals surface area (Å²) in [4.78, 5) is 30.6. The second-order valence-corrected chi connectivity index (χ2v) is 11.8. The van der Waals surface area contributed by atoms with Crippen LogP contribution in [0.3, 0.4) is 0 Å². The van der Waals surface area contributed by atoms with Gasteiger partial charge in [0.2, 0.25) is 5.91 Å². The summed E-state index contributed by atoms with van der Waals surface area (Å²) in [5.41, 5.74) is 1.87. The predicted molar refractivity (Wildman–Crippen MR) is 153 cm³/mol. The Morgan fingerprint density at radius 1 is 0.868 bits per heavy atom. The van der Waals surface area contributed by atoms with Crippen molar-refractivity contribution >= 4 is 12.0 Å². The quantitative estimate of drug-likeness (QED) is 0.581. The summed E-state index contributed by atoms with van der Waals surface area (Å²) in [6, 6.07) is 21.2. The SMILES string of the molecule is CN(C)C(=O)[C@@H]1CC[C@H](c2ccccc2)N1C(=O)OC(C)(C)C.CN(C)C[C@@H]1CC[C@H](c2ccccc2)N1. The minimum atomic E-state index is -0.591. The van der Waals surface area contributed by atoms with E-state index < -0.39 is 17.7 Å². The number of likely N-dealkylation sites (tertiary alicyclic amines) is 1. The molecule has 2 saturated heterocycles. The lowest BCUT2D eigenvalue weighted by Gasteiger charge is -2.33. The van der Waals surface area contributed by atoms with E-state index in [-0.39, 0.29) is 11.9 Å². The molecule has 2 heterocycles. The van der Waals surface area contributed by atoms with Crippen LogP contribution in [0, 0.1) is 0 Å². The molecular formula is C31H46N4O3. The highest BCUT2D eigenvalue weighted by atomic mass is 16.6. The first kappa shape index (κ1) is 29.7. The summed E-state index contributed by atoms with van der Waals surface area (Å²) in [5, 5.41) is 3.70. The predicted octanol–water partition coefficient (Wildman–Crippen LogP) is 5.26. The monoisotopic (exact) mass is 522 g/mol. The lowest BCUT2D eigenvalue weighted by atomic mass is 10.1. The molecule has 0 aliphatic carbocycles. The topological polar surface area (TPSA) is 65.1 Å². The molecule has 2 aromatic rings. The van der Waals surface area contributed by atoms with E-state index in [4.69, 9.17) is 4.74 Å². The lowest BCUT2D eigenvalue weighted by Crippen LogP contribution is -2.48. The van der Waals surface area contributed by atoms with E-state index in [1.165, 1.54) is 23.3 Å². The summed E-state index contributed by atoms with van der Waals surface area (Å²) in [6.45, 7) is 6.65. The molecule has 7 nitrogen and oxygen atoms in total. The number of hydrogen-bond acceptors (Lipinski definition) is 5.